The van der Waals surface area contributed by atoms with E-state index in [9.17, 15) is 0 Å². The maximum Gasteiger partial charge on any atom is 0.230 e. The van der Waals surface area contributed by atoms with E-state index in [1.165, 1.54) is 19.3 Å². The normalized spacial score (nSPS) is 15.6. The van der Waals surface area contributed by atoms with Crippen LogP contribution in [0.5, 0.6) is 0 Å². The molecule has 2 aromatic rings. The predicted molar refractivity (Wildman–Crippen MR) is 77.2 cm³/mol. The zero-order valence-corrected chi connectivity index (χ0v) is 11.7. The molecule has 0 atom stereocenters. The fourth-order valence-electron chi connectivity index (χ4n) is 2.51. The summed E-state index contributed by atoms with van der Waals surface area (Å²) in [6, 6.07) is 1.90. The van der Waals surface area contributed by atoms with Gasteiger partial charge in [0.2, 0.25) is 11.9 Å². The van der Waals surface area contributed by atoms with E-state index in [2.05, 4.69) is 25.0 Å². The molecule has 1 aliphatic heterocycles. The molecule has 20 heavy (non-hydrogen) atoms. The third-order valence-corrected chi connectivity index (χ3v) is 3.52. The Morgan fingerprint density at radius 3 is 2.70 bits per heavy atom. The summed E-state index contributed by atoms with van der Waals surface area (Å²) in [6.45, 7) is 4.77. The van der Waals surface area contributed by atoms with Crippen molar-refractivity contribution in [2.24, 2.45) is 0 Å². The maximum absolute atomic E-state index is 5.85. The van der Waals surface area contributed by atoms with E-state index >= 15 is 0 Å². The van der Waals surface area contributed by atoms with Crippen molar-refractivity contribution in [3.8, 4) is 11.5 Å². The van der Waals surface area contributed by atoms with Crippen LogP contribution in [0.1, 0.15) is 26.2 Å². The Kier molecular flexibility index (Phi) is 3.49. The Hall–Kier alpha value is -2.18. The number of hydrogen-bond acceptors (Lipinski definition) is 6. The highest BCUT2D eigenvalue weighted by molar-refractivity contribution is 5.53. The van der Waals surface area contributed by atoms with Crippen molar-refractivity contribution in [1.82, 2.24) is 24.7 Å². The number of rotatable bonds is 3. The summed E-state index contributed by atoms with van der Waals surface area (Å²) >= 11 is 0. The molecule has 2 aromatic heterocycles. The number of aromatic nitrogens is 5. The number of hydrogen-bond donors (Lipinski definition) is 1. The van der Waals surface area contributed by atoms with Gasteiger partial charge < -0.3 is 10.6 Å². The second-order valence-corrected chi connectivity index (χ2v) is 4.90. The van der Waals surface area contributed by atoms with Crippen molar-refractivity contribution in [3.63, 3.8) is 0 Å². The van der Waals surface area contributed by atoms with E-state index in [-0.39, 0.29) is 5.95 Å². The summed E-state index contributed by atoms with van der Waals surface area (Å²) in [4.78, 5) is 15.3. The van der Waals surface area contributed by atoms with Gasteiger partial charge >= 0.3 is 0 Å². The molecule has 0 spiro atoms. The number of aryl methyl sites for hydroxylation is 1. The Labute approximate surface area is 117 Å². The lowest BCUT2D eigenvalue weighted by atomic mass is 10.1. The van der Waals surface area contributed by atoms with E-state index in [0.717, 1.165) is 25.3 Å². The van der Waals surface area contributed by atoms with Crippen LogP contribution < -0.4 is 10.6 Å². The standard InChI is InChI=1S/C13H19N7/c1-2-20-10(6-7-15-20)11-16-12(14)18-13(17-11)19-8-4-3-5-9-19/h6-7H,2-5,8-9H2,1H3,(H2,14,16,17,18). The molecule has 3 heterocycles. The largest absolute Gasteiger partial charge is 0.368 e. The van der Waals surface area contributed by atoms with Crippen molar-refractivity contribution in [3.05, 3.63) is 12.3 Å². The van der Waals surface area contributed by atoms with Gasteiger partial charge in [-0.15, -0.1) is 0 Å². The van der Waals surface area contributed by atoms with Gasteiger partial charge in [0.15, 0.2) is 5.82 Å². The van der Waals surface area contributed by atoms with Crippen LogP contribution >= 0.6 is 0 Å². The molecular weight excluding hydrogens is 254 g/mol. The van der Waals surface area contributed by atoms with Gasteiger partial charge in [-0.05, 0) is 32.3 Å². The molecule has 0 bridgehead atoms. The van der Waals surface area contributed by atoms with Gasteiger partial charge in [-0.25, -0.2) is 0 Å². The molecule has 0 unspecified atom stereocenters. The highest BCUT2D eigenvalue weighted by Crippen LogP contribution is 2.21. The fourth-order valence-corrected chi connectivity index (χ4v) is 2.51. The minimum Gasteiger partial charge on any atom is -0.368 e. The minimum absolute atomic E-state index is 0.263. The van der Waals surface area contributed by atoms with Crippen LogP contribution in [0.4, 0.5) is 11.9 Å². The zero-order chi connectivity index (χ0) is 13.9. The number of nitrogen functional groups attached to an aromatic ring is 1. The molecule has 0 aliphatic carbocycles. The number of piperidine rings is 1. The van der Waals surface area contributed by atoms with Gasteiger partial charge in [0.25, 0.3) is 0 Å². The van der Waals surface area contributed by atoms with Crippen LogP contribution in [0.3, 0.4) is 0 Å². The second kappa shape index (κ2) is 5.44. The average molecular weight is 273 g/mol. The zero-order valence-electron chi connectivity index (χ0n) is 11.7. The molecule has 0 radical (unpaired) electrons. The Morgan fingerprint density at radius 2 is 1.95 bits per heavy atom. The summed E-state index contributed by atoms with van der Waals surface area (Å²) in [5.74, 6) is 1.54. The number of anilines is 2. The van der Waals surface area contributed by atoms with E-state index in [1.54, 1.807) is 6.20 Å². The van der Waals surface area contributed by atoms with Gasteiger partial charge in [-0.3, -0.25) is 4.68 Å². The predicted octanol–water partition coefficient (Wildman–Crippen LogP) is 1.33. The maximum atomic E-state index is 5.85. The second-order valence-electron chi connectivity index (χ2n) is 4.90. The summed E-state index contributed by atoms with van der Waals surface area (Å²) in [5.41, 5.74) is 6.72. The molecule has 0 amide bonds. The molecule has 0 aromatic carbocycles. The van der Waals surface area contributed by atoms with Gasteiger partial charge in [0, 0.05) is 25.8 Å². The molecule has 7 heteroatoms. The van der Waals surface area contributed by atoms with Crippen LogP contribution in [-0.2, 0) is 6.54 Å². The van der Waals surface area contributed by atoms with E-state index < -0.39 is 0 Å². The van der Waals surface area contributed by atoms with Crippen molar-refractivity contribution >= 4 is 11.9 Å². The van der Waals surface area contributed by atoms with Crippen molar-refractivity contribution in [1.29, 1.82) is 0 Å². The number of nitrogens with two attached hydrogens (primary N) is 1. The first kappa shape index (κ1) is 12.8. The van der Waals surface area contributed by atoms with Crippen LogP contribution in [0, 0.1) is 0 Å². The fraction of sp³-hybridized carbons (Fsp3) is 0.538. The molecule has 2 N–H and O–H groups in total. The van der Waals surface area contributed by atoms with Crippen LogP contribution in [0.15, 0.2) is 12.3 Å². The van der Waals surface area contributed by atoms with Gasteiger partial charge in [0.1, 0.15) is 5.69 Å². The van der Waals surface area contributed by atoms with E-state index in [0.29, 0.717) is 11.8 Å². The first-order valence-corrected chi connectivity index (χ1v) is 7.06. The third kappa shape index (κ3) is 2.43. The molecule has 1 fully saturated rings. The smallest absolute Gasteiger partial charge is 0.230 e. The third-order valence-electron chi connectivity index (χ3n) is 3.52. The van der Waals surface area contributed by atoms with Gasteiger partial charge in [-0.2, -0.15) is 20.1 Å². The van der Waals surface area contributed by atoms with Crippen molar-refractivity contribution in [2.45, 2.75) is 32.7 Å². The molecular formula is C13H19N7. The summed E-state index contributed by atoms with van der Waals surface area (Å²) in [6.07, 6.45) is 5.37. The minimum atomic E-state index is 0.263. The highest BCUT2D eigenvalue weighted by atomic mass is 15.3. The first-order chi connectivity index (χ1) is 9.78. The Morgan fingerprint density at radius 1 is 1.15 bits per heavy atom. The molecule has 0 saturated carbocycles. The summed E-state index contributed by atoms with van der Waals surface area (Å²) < 4.78 is 1.86. The molecule has 106 valence electrons. The van der Waals surface area contributed by atoms with E-state index in [1.807, 2.05) is 17.7 Å². The Bertz CT molecular complexity index is 586. The SMILES string of the molecule is CCn1nccc1-c1nc(N)nc(N2CCCCC2)n1. The van der Waals surface area contributed by atoms with E-state index in [4.69, 9.17) is 5.73 Å². The molecule has 1 aliphatic rings. The van der Waals surface area contributed by atoms with Crippen molar-refractivity contribution < 1.29 is 0 Å². The quantitative estimate of drug-likeness (QED) is 0.908. The van der Waals surface area contributed by atoms with Gasteiger partial charge in [0.05, 0.1) is 0 Å². The molecule has 1 saturated heterocycles. The summed E-state index contributed by atoms with van der Waals surface area (Å²) in [5, 5.41) is 4.24. The average Bonchev–Trinajstić information content (AvgIpc) is 2.96. The molecule has 7 nitrogen and oxygen atoms in total. The number of nitrogens with zero attached hydrogens (tertiary/aromatic N) is 6. The van der Waals surface area contributed by atoms with Crippen LogP contribution in [0.2, 0.25) is 0 Å². The highest BCUT2D eigenvalue weighted by Gasteiger charge is 2.17. The van der Waals surface area contributed by atoms with Crippen LogP contribution in [-0.4, -0.2) is 37.8 Å². The lowest BCUT2D eigenvalue weighted by molar-refractivity contribution is 0.567. The van der Waals surface area contributed by atoms with Crippen LogP contribution in [0.25, 0.3) is 11.5 Å². The van der Waals surface area contributed by atoms with Gasteiger partial charge in [-0.1, -0.05) is 0 Å². The summed E-state index contributed by atoms with van der Waals surface area (Å²) in [7, 11) is 0. The topological polar surface area (TPSA) is 85.8 Å². The molecule has 3 rings (SSSR count). The monoisotopic (exact) mass is 273 g/mol. The lowest BCUT2D eigenvalue weighted by Gasteiger charge is -2.26. The first-order valence-electron chi connectivity index (χ1n) is 7.06. The Balaban J connectivity index is 1.98. The lowest BCUT2D eigenvalue weighted by Crippen LogP contribution is -2.31. The van der Waals surface area contributed by atoms with Crippen molar-refractivity contribution in [2.75, 3.05) is 23.7 Å².